The number of hydrogen-bond acceptors (Lipinski definition) is 4. The first kappa shape index (κ1) is 17.8. The van der Waals surface area contributed by atoms with E-state index in [1.807, 2.05) is 29.2 Å². The van der Waals surface area contributed by atoms with Crippen LogP contribution in [0.4, 0.5) is 0 Å². The predicted molar refractivity (Wildman–Crippen MR) is 99.4 cm³/mol. The third-order valence-corrected chi connectivity index (χ3v) is 5.62. The topological polar surface area (TPSA) is 66.7 Å². The minimum absolute atomic E-state index is 0.0278. The van der Waals surface area contributed by atoms with Gasteiger partial charge in [-0.2, -0.15) is 0 Å². The standard InChI is InChI=1S/C21H25N3O3/c25-20-13-17(14-23(20)15-18-5-4-12-27-18)21(26)24-11-3-1-2-6-19(24)16-7-9-22-10-8-16/h4-5,7-10,12,17,19H,1-3,6,11,13-15H2. The van der Waals surface area contributed by atoms with E-state index in [4.69, 9.17) is 4.42 Å². The average Bonchev–Trinajstić information content (AvgIpc) is 3.25. The van der Waals surface area contributed by atoms with E-state index < -0.39 is 0 Å². The third kappa shape index (κ3) is 3.89. The van der Waals surface area contributed by atoms with Crippen molar-refractivity contribution in [1.82, 2.24) is 14.8 Å². The highest BCUT2D eigenvalue weighted by Crippen LogP contribution is 2.33. The van der Waals surface area contributed by atoms with E-state index in [0.29, 0.717) is 19.5 Å². The van der Waals surface area contributed by atoms with Crippen molar-refractivity contribution < 1.29 is 14.0 Å². The Balaban J connectivity index is 1.49. The fraction of sp³-hybridized carbons (Fsp3) is 0.476. The summed E-state index contributed by atoms with van der Waals surface area (Å²) < 4.78 is 5.35. The van der Waals surface area contributed by atoms with Gasteiger partial charge in [0.2, 0.25) is 11.8 Å². The largest absolute Gasteiger partial charge is 0.467 e. The SMILES string of the molecule is O=C1CC(C(=O)N2CCCCCC2c2ccncc2)CN1Cc1ccco1. The van der Waals surface area contributed by atoms with Gasteiger partial charge in [0, 0.05) is 31.9 Å². The monoisotopic (exact) mass is 367 g/mol. The minimum Gasteiger partial charge on any atom is -0.467 e. The van der Waals surface area contributed by atoms with Gasteiger partial charge in [0.1, 0.15) is 5.76 Å². The smallest absolute Gasteiger partial charge is 0.228 e. The molecule has 6 nitrogen and oxygen atoms in total. The molecule has 4 heterocycles. The van der Waals surface area contributed by atoms with Crippen molar-refractivity contribution in [1.29, 1.82) is 0 Å². The van der Waals surface area contributed by atoms with E-state index in [9.17, 15) is 9.59 Å². The Bertz CT molecular complexity index is 775. The summed E-state index contributed by atoms with van der Waals surface area (Å²) in [5.74, 6) is 0.616. The minimum atomic E-state index is -0.269. The van der Waals surface area contributed by atoms with E-state index in [2.05, 4.69) is 4.98 Å². The summed E-state index contributed by atoms with van der Waals surface area (Å²) in [6.45, 7) is 1.66. The molecule has 6 heteroatoms. The van der Waals surface area contributed by atoms with Gasteiger partial charge in [0.25, 0.3) is 0 Å². The molecule has 4 rings (SSSR count). The average molecular weight is 367 g/mol. The second-order valence-corrected chi connectivity index (χ2v) is 7.43. The van der Waals surface area contributed by atoms with Crippen LogP contribution in [0.25, 0.3) is 0 Å². The molecule has 142 valence electrons. The van der Waals surface area contributed by atoms with Gasteiger partial charge in [-0.3, -0.25) is 14.6 Å². The maximum atomic E-state index is 13.3. The third-order valence-electron chi connectivity index (χ3n) is 5.62. The molecule has 0 bridgehead atoms. The molecule has 0 radical (unpaired) electrons. The number of likely N-dealkylation sites (tertiary alicyclic amines) is 2. The van der Waals surface area contributed by atoms with Gasteiger partial charge in [-0.05, 0) is 42.7 Å². The van der Waals surface area contributed by atoms with Gasteiger partial charge >= 0.3 is 0 Å². The first-order valence-corrected chi connectivity index (χ1v) is 9.73. The molecule has 2 aromatic heterocycles. The normalized spacial score (nSPS) is 23.5. The molecular formula is C21H25N3O3. The van der Waals surface area contributed by atoms with Gasteiger partial charge in [-0.15, -0.1) is 0 Å². The molecule has 2 saturated heterocycles. The van der Waals surface area contributed by atoms with Crippen LogP contribution in [0.15, 0.2) is 47.3 Å². The summed E-state index contributed by atoms with van der Waals surface area (Å²) in [6, 6.07) is 7.75. The zero-order valence-corrected chi connectivity index (χ0v) is 15.4. The van der Waals surface area contributed by atoms with E-state index in [0.717, 1.165) is 43.6 Å². The quantitative estimate of drug-likeness (QED) is 0.832. The molecular weight excluding hydrogens is 342 g/mol. The molecule has 2 unspecified atom stereocenters. The van der Waals surface area contributed by atoms with E-state index in [1.54, 1.807) is 23.6 Å². The molecule has 2 aromatic rings. The van der Waals surface area contributed by atoms with Crippen LogP contribution in [0, 0.1) is 5.92 Å². The first-order valence-electron chi connectivity index (χ1n) is 9.73. The highest BCUT2D eigenvalue weighted by molar-refractivity contribution is 5.89. The van der Waals surface area contributed by atoms with Crippen molar-refractivity contribution in [3.05, 3.63) is 54.2 Å². The van der Waals surface area contributed by atoms with Crippen molar-refractivity contribution in [2.24, 2.45) is 5.92 Å². The number of pyridine rings is 1. The van der Waals surface area contributed by atoms with Gasteiger partial charge in [0.05, 0.1) is 24.8 Å². The van der Waals surface area contributed by atoms with Gasteiger partial charge in [0.15, 0.2) is 0 Å². The fourth-order valence-corrected chi connectivity index (χ4v) is 4.22. The molecule has 2 aliphatic rings. The second-order valence-electron chi connectivity index (χ2n) is 7.43. The number of carbonyl (C=O) groups is 2. The first-order chi connectivity index (χ1) is 13.2. The maximum Gasteiger partial charge on any atom is 0.228 e. The van der Waals surface area contributed by atoms with Crippen LogP contribution in [-0.4, -0.2) is 39.7 Å². The van der Waals surface area contributed by atoms with Crippen LogP contribution in [0.2, 0.25) is 0 Å². The van der Waals surface area contributed by atoms with E-state index in [-0.39, 0.29) is 23.8 Å². The molecule has 2 aliphatic heterocycles. The zero-order chi connectivity index (χ0) is 18.6. The summed E-state index contributed by atoms with van der Waals surface area (Å²) in [5, 5.41) is 0. The Morgan fingerprint density at radius 2 is 2.04 bits per heavy atom. The summed E-state index contributed by atoms with van der Waals surface area (Å²) >= 11 is 0. The lowest BCUT2D eigenvalue weighted by Gasteiger charge is -2.32. The Kier molecular flexibility index (Phi) is 5.23. The molecule has 0 aromatic carbocycles. The van der Waals surface area contributed by atoms with Crippen LogP contribution in [0.5, 0.6) is 0 Å². The Morgan fingerprint density at radius 1 is 1.19 bits per heavy atom. The maximum absolute atomic E-state index is 13.3. The number of hydrogen-bond donors (Lipinski definition) is 0. The predicted octanol–water partition coefficient (Wildman–Crippen LogP) is 3.17. The highest BCUT2D eigenvalue weighted by Gasteiger charge is 2.39. The number of rotatable bonds is 4. The summed E-state index contributed by atoms with van der Waals surface area (Å²) in [6.07, 6.45) is 9.70. The Morgan fingerprint density at radius 3 is 2.81 bits per heavy atom. The van der Waals surface area contributed by atoms with Crippen LogP contribution in [0.1, 0.15) is 49.5 Å². The fourth-order valence-electron chi connectivity index (χ4n) is 4.22. The molecule has 0 N–H and O–H groups in total. The molecule has 2 atom stereocenters. The molecule has 2 amide bonds. The lowest BCUT2D eigenvalue weighted by atomic mass is 9.99. The van der Waals surface area contributed by atoms with Gasteiger partial charge in [-0.1, -0.05) is 12.8 Å². The molecule has 0 spiro atoms. The molecule has 27 heavy (non-hydrogen) atoms. The van der Waals surface area contributed by atoms with Gasteiger partial charge in [-0.25, -0.2) is 0 Å². The van der Waals surface area contributed by atoms with E-state index >= 15 is 0 Å². The van der Waals surface area contributed by atoms with Crippen molar-refractivity contribution in [2.75, 3.05) is 13.1 Å². The number of nitrogens with zero attached hydrogens (tertiary/aromatic N) is 3. The number of amides is 2. The highest BCUT2D eigenvalue weighted by atomic mass is 16.3. The number of carbonyl (C=O) groups excluding carboxylic acids is 2. The molecule has 2 fully saturated rings. The zero-order valence-electron chi connectivity index (χ0n) is 15.4. The van der Waals surface area contributed by atoms with Gasteiger partial charge < -0.3 is 14.2 Å². The van der Waals surface area contributed by atoms with Crippen LogP contribution >= 0.6 is 0 Å². The lowest BCUT2D eigenvalue weighted by Crippen LogP contribution is -2.40. The van der Waals surface area contributed by atoms with Crippen molar-refractivity contribution in [3.8, 4) is 0 Å². The molecule has 0 saturated carbocycles. The van der Waals surface area contributed by atoms with Crippen molar-refractivity contribution in [2.45, 2.75) is 44.7 Å². The summed E-state index contributed by atoms with van der Waals surface area (Å²) in [4.78, 5) is 33.6. The number of aromatic nitrogens is 1. The summed E-state index contributed by atoms with van der Waals surface area (Å²) in [7, 11) is 0. The van der Waals surface area contributed by atoms with Crippen LogP contribution in [0.3, 0.4) is 0 Å². The Hall–Kier alpha value is -2.63. The lowest BCUT2D eigenvalue weighted by molar-refractivity contribution is -0.138. The second kappa shape index (κ2) is 7.94. The van der Waals surface area contributed by atoms with Crippen LogP contribution in [-0.2, 0) is 16.1 Å². The van der Waals surface area contributed by atoms with Crippen molar-refractivity contribution >= 4 is 11.8 Å². The summed E-state index contributed by atoms with van der Waals surface area (Å²) in [5.41, 5.74) is 1.14. The van der Waals surface area contributed by atoms with Crippen molar-refractivity contribution in [3.63, 3.8) is 0 Å². The Labute approximate surface area is 159 Å². The van der Waals surface area contributed by atoms with E-state index in [1.165, 1.54) is 0 Å². The number of furan rings is 1. The molecule has 0 aliphatic carbocycles. The van der Waals surface area contributed by atoms with Crippen LogP contribution < -0.4 is 0 Å².